The Bertz CT molecular complexity index is 597. The molecule has 1 aromatic carbocycles. The van der Waals surface area contributed by atoms with Crippen LogP contribution in [0.25, 0.3) is 0 Å². The molecule has 0 atom stereocenters. The maximum absolute atomic E-state index is 11.8. The quantitative estimate of drug-likeness (QED) is 0.353. The van der Waals surface area contributed by atoms with Gasteiger partial charge in [-0.2, -0.15) is 4.57 Å². The lowest BCUT2D eigenvalue weighted by atomic mass is 10.2. The number of carbonyl (C=O) groups is 1. The van der Waals surface area contributed by atoms with E-state index >= 15 is 0 Å². The molecule has 0 amide bonds. The van der Waals surface area contributed by atoms with Crippen molar-refractivity contribution in [3.63, 3.8) is 0 Å². The van der Waals surface area contributed by atoms with Crippen molar-refractivity contribution in [3.05, 3.63) is 76.1 Å². The highest BCUT2D eigenvalue weighted by Crippen LogP contribution is 2.00. The summed E-state index contributed by atoms with van der Waals surface area (Å²) in [6, 6.07) is 14.7. The maximum Gasteiger partial charge on any atom is 0.296 e. The van der Waals surface area contributed by atoms with E-state index in [4.69, 9.17) is 0 Å². The lowest BCUT2D eigenvalue weighted by Crippen LogP contribution is -2.41. The van der Waals surface area contributed by atoms with Crippen LogP contribution in [0.15, 0.2) is 54.7 Å². The van der Waals surface area contributed by atoms with Crippen LogP contribution in [0.3, 0.4) is 0 Å². The summed E-state index contributed by atoms with van der Waals surface area (Å²) in [6.45, 7) is -0.167. The van der Waals surface area contributed by atoms with Crippen LogP contribution in [-0.4, -0.2) is 17.3 Å². The molecule has 0 N–H and O–H groups in total. The third kappa shape index (κ3) is 3.45. The number of hydrogen-bond donors (Lipinski definition) is 0. The number of pyridine rings is 1. The molecule has 0 fully saturated rings. The minimum absolute atomic E-state index is 0.350. The summed E-state index contributed by atoms with van der Waals surface area (Å²) < 4.78 is 1.72. The van der Waals surface area contributed by atoms with Gasteiger partial charge in [-0.1, -0.05) is 30.3 Å². The van der Waals surface area contributed by atoms with Crippen molar-refractivity contribution in [1.29, 1.82) is 0 Å². The van der Waals surface area contributed by atoms with E-state index in [2.05, 4.69) is 0 Å². The lowest BCUT2D eigenvalue weighted by molar-refractivity contribution is -0.690. The molecule has 19 heavy (non-hydrogen) atoms. The van der Waals surface area contributed by atoms with Gasteiger partial charge in [-0.05, 0) is 6.07 Å². The van der Waals surface area contributed by atoms with Gasteiger partial charge < -0.3 is 0 Å². The molecule has 2 aromatic rings. The van der Waals surface area contributed by atoms with Crippen LogP contribution < -0.4 is 4.57 Å². The maximum atomic E-state index is 11.8. The van der Waals surface area contributed by atoms with E-state index in [0.29, 0.717) is 12.2 Å². The number of nitro groups is 1. The second kappa shape index (κ2) is 5.86. The molecule has 0 radical (unpaired) electrons. The Hall–Kier alpha value is -2.56. The molecule has 0 saturated carbocycles. The number of ketones is 1. The number of carbonyl (C=O) groups excluding carboxylic acids is 1. The highest BCUT2D eigenvalue weighted by Gasteiger charge is 2.22. The van der Waals surface area contributed by atoms with Gasteiger partial charge in [-0.15, -0.1) is 0 Å². The number of benzene rings is 1. The first-order chi connectivity index (χ1) is 9.16. The number of rotatable bonds is 5. The summed E-state index contributed by atoms with van der Waals surface area (Å²) in [5.41, 5.74) is 1.39. The van der Waals surface area contributed by atoms with Gasteiger partial charge in [0, 0.05) is 22.6 Å². The summed E-state index contributed by atoms with van der Waals surface area (Å²) >= 11 is 0. The average Bonchev–Trinajstić information content (AvgIpc) is 2.39. The van der Waals surface area contributed by atoms with Gasteiger partial charge in [0.15, 0.2) is 12.7 Å². The van der Waals surface area contributed by atoms with Crippen LogP contribution in [0.1, 0.15) is 16.1 Å². The van der Waals surface area contributed by atoms with Crippen LogP contribution in [0.5, 0.6) is 0 Å². The van der Waals surface area contributed by atoms with Gasteiger partial charge in [0.25, 0.3) is 18.0 Å². The molecule has 0 saturated heterocycles. The van der Waals surface area contributed by atoms with E-state index in [1.165, 1.54) is 0 Å². The zero-order chi connectivity index (χ0) is 13.7. The minimum Gasteiger partial charge on any atom is -0.280 e. The van der Waals surface area contributed by atoms with Gasteiger partial charge in [0.1, 0.15) is 0 Å². The standard InChI is InChI=1S/C14H13N2O3/c17-14(11-16(18)19)13-8-4-5-9-15(13)10-12-6-2-1-3-7-12/h1-9H,10-11H2/q+1. The molecule has 2 rings (SSSR count). The fraction of sp³-hybridized carbons (Fsp3) is 0.143. The molecule has 0 bridgehead atoms. The summed E-state index contributed by atoms with van der Waals surface area (Å²) in [4.78, 5) is 21.6. The van der Waals surface area contributed by atoms with Gasteiger partial charge in [0.05, 0.1) is 0 Å². The van der Waals surface area contributed by atoms with E-state index in [-0.39, 0.29) is 0 Å². The molecule has 5 nitrogen and oxygen atoms in total. The van der Waals surface area contributed by atoms with Crippen molar-refractivity contribution < 1.29 is 14.3 Å². The van der Waals surface area contributed by atoms with E-state index in [9.17, 15) is 14.9 Å². The van der Waals surface area contributed by atoms with Crippen LogP contribution >= 0.6 is 0 Å². The van der Waals surface area contributed by atoms with E-state index < -0.39 is 17.3 Å². The van der Waals surface area contributed by atoms with Gasteiger partial charge in [-0.3, -0.25) is 14.9 Å². The zero-order valence-electron chi connectivity index (χ0n) is 10.2. The molecule has 0 unspecified atom stereocenters. The second-order valence-corrected chi connectivity index (χ2v) is 4.11. The molecule has 5 heteroatoms. The Kier molecular flexibility index (Phi) is 3.97. The number of aromatic nitrogens is 1. The smallest absolute Gasteiger partial charge is 0.280 e. The predicted octanol–water partition coefficient (Wildman–Crippen LogP) is 1.48. The van der Waals surface area contributed by atoms with E-state index in [0.717, 1.165) is 5.56 Å². The Labute approximate surface area is 110 Å². The van der Waals surface area contributed by atoms with Crippen molar-refractivity contribution in [2.75, 3.05) is 6.54 Å². The highest BCUT2D eigenvalue weighted by molar-refractivity contribution is 5.93. The molecule has 96 valence electrons. The molecule has 0 aliphatic rings. The highest BCUT2D eigenvalue weighted by atomic mass is 16.6. The van der Waals surface area contributed by atoms with Gasteiger partial charge in [-0.25, -0.2) is 0 Å². The molecule has 0 spiro atoms. The first-order valence-corrected chi connectivity index (χ1v) is 5.84. The molecular weight excluding hydrogens is 244 g/mol. The Morgan fingerprint density at radius 1 is 1.11 bits per heavy atom. The van der Waals surface area contributed by atoms with E-state index in [1.54, 1.807) is 29.0 Å². The Balaban J connectivity index is 2.26. The molecule has 0 aliphatic heterocycles. The lowest BCUT2D eigenvalue weighted by Gasteiger charge is -2.01. The number of nitrogens with zero attached hydrogens (tertiary/aromatic N) is 2. The second-order valence-electron chi connectivity index (χ2n) is 4.11. The third-order valence-electron chi connectivity index (χ3n) is 2.69. The summed E-state index contributed by atoms with van der Waals surface area (Å²) in [5, 5.41) is 10.4. The van der Waals surface area contributed by atoms with Crippen LogP contribution in [0.4, 0.5) is 0 Å². The molecule has 1 heterocycles. The molecule has 1 aromatic heterocycles. The van der Waals surface area contributed by atoms with Crippen molar-refractivity contribution in [1.82, 2.24) is 0 Å². The normalized spacial score (nSPS) is 10.1. The summed E-state index contributed by atoms with van der Waals surface area (Å²) in [5.74, 6) is -0.485. The Morgan fingerprint density at radius 3 is 2.47 bits per heavy atom. The fourth-order valence-corrected chi connectivity index (χ4v) is 1.85. The largest absolute Gasteiger partial charge is 0.296 e. The first kappa shape index (κ1) is 12.9. The Morgan fingerprint density at radius 2 is 1.79 bits per heavy atom. The third-order valence-corrected chi connectivity index (χ3v) is 2.69. The predicted molar refractivity (Wildman–Crippen MR) is 68.4 cm³/mol. The van der Waals surface area contributed by atoms with Crippen molar-refractivity contribution in [3.8, 4) is 0 Å². The minimum atomic E-state index is -0.682. The van der Waals surface area contributed by atoms with Crippen molar-refractivity contribution in [2.45, 2.75) is 6.54 Å². The summed E-state index contributed by atoms with van der Waals surface area (Å²) in [6.07, 6.45) is 1.75. The number of Topliss-reactive ketones (excluding diaryl/α,β-unsaturated/α-hetero) is 1. The van der Waals surface area contributed by atoms with Crippen LogP contribution in [-0.2, 0) is 6.54 Å². The summed E-state index contributed by atoms with van der Waals surface area (Å²) in [7, 11) is 0. The topological polar surface area (TPSA) is 64.1 Å². The monoisotopic (exact) mass is 257 g/mol. The van der Waals surface area contributed by atoms with Crippen LogP contribution in [0, 0.1) is 10.1 Å². The van der Waals surface area contributed by atoms with E-state index in [1.807, 2.05) is 30.3 Å². The number of hydrogen-bond acceptors (Lipinski definition) is 3. The van der Waals surface area contributed by atoms with Gasteiger partial charge in [0.2, 0.25) is 0 Å². The fourth-order valence-electron chi connectivity index (χ4n) is 1.85. The van der Waals surface area contributed by atoms with Gasteiger partial charge >= 0.3 is 0 Å². The van der Waals surface area contributed by atoms with Crippen molar-refractivity contribution >= 4 is 5.78 Å². The van der Waals surface area contributed by atoms with Crippen LogP contribution in [0.2, 0.25) is 0 Å². The van der Waals surface area contributed by atoms with Crippen molar-refractivity contribution in [2.24, 2.45) is 0 Å². The average molecular weight is 257 g/mol. The zero-order valence-corrected chi connectivity index (χ0v) is 10.2. The molecular formula is C14H13N2O3+. The first-order valence-electron chi connectivity index (χ1n) is 5.84. The SMILES string of the molecule is O=C(C[N+](=O)[O-])c1cccc[n+]1Cc1ccccc1. The molecule has 0 aliphatic carbocycles.